The van der Waals surface area contributed by atoms with Crippen molar-refractivity contribution < 1.29 is 9.53 Å². The summed E-state index contributed by atoms with van der Waals surface area (Å²) in [6.07, 6.45) is 4.40. The molecule has 78 valence electrons. The lowest BCUT2D eigenvalue weighted by molar-refractivity contribution is -0.146. The molecule has 0 saturated carbocycles. The quantitative estimate of drug-likeness (QED) is 0.409. The first-order valence-corrected chi connectivity index (χ1v) is 5.44. The Balaban J connectivity index is 3.74. The number of hydrogen-bond donors (Lipinski definition) is 1. The maximum absolute atomic E-state index is 10.7. The summed E-state index contributed by atoms with van der Waals surface area (Å²) < 4.78 is 5.14. The molecule has 0 spiro atoms. The molecule has 0 aromatic rings. The molecule has 2 atom stereocenters. The Morgan fingerprint density at radius 2 is 2.08 bits per heavy atom. The van der Waals surface area contributed by atoms with Gasteiger partial charge in [0.1, 0.15) is 6.10 Å². The zero-order valence-electron chi connectivity index (χ0n) is 8.75. The van der Waals surface area contributed by atoms with Crippen molar-refractivity contribution in [3.05, 3.63) is 0 Å². The summed E-state index contributed by atoms with van der Waals surface area (Å²) in [5.74, 6) is -0.206. The van der Waals surface area contributed by atoms with Gasteiger partial charge in [0.05, 0.1) is 0 Å². The molecule has 0 aliphatic carbocycles. The van der Waals surface area contributed by atoms with Crippen molar-refractivity contribution >= 4 is 18.6 Å². The number of unbranched alkanes of at least 4 members (excludes halogenated alkanes) is 2. The second-order valence-electron chi connectivity index (χ2n) is 3.38. The van der Waals surface area contributed by atoms with Crippen LogP contribution in [0.25, 0.3) is 0 Å². The van der Waals surface area contributed by atoms with Crippen LogP contribution in [0, 0.1) is 0 Å². The van der Waals surface area contributed by atoms with Crippen LogP contribution in [0.4, 0.5) is 0 Å². The van der Waals surface area contributed by atoms with E-state index in [2.05, 4.69) is 19.6 Å². The molecule has 3 heteroatoms. The normalized spacial score (nSPS) is 15.1. The fraction of sp³-hybridized carbons (Fsp3) is 0.900. The van der Waals surface area contributed by atoms with Crippen LogP contribution in [0.5, 0.6) is 0 Å². The van der Waals surface area contributed by atoms with E-state index in [1.807, 2.05) is 6.92 Å². The molecule has 0 heterocycles. The van der Waals surface area contributed by atoms with Gasteiger partial charge < -0.3 is 4.74 Å². The predicted molar refractivity (Wildman–Crippen MR) is 58.1 cm³/mol. The number of carbonyl (C=O) groups is 1. The lowest BCUT2D eigenvalue weighted by Gasteiger charge is -2.19. The molecule has 0 aliphatic heterocycles. The minimum Gasteiger partial charge on any atom is -0.461 e. The van der Waals surface area contributed by atoms with Gasteiger partial charge in [0.25, 0.3) is 0 Å². The van der Waals surface area contributed by atoms with Crippen LogP contribution in [0.3, 0.4) is 0 Å². The van der Waals surface area contributed by atoms with Crippen molar-refractivity contribution in [3.8, 4) is 0 Å². The number of carbonyl (C=O) groups excluding carboxylic acids is 1. The SMILES string of the molecule is CCCCCC(OC(C)=O)C(C)S. The van der Waals surface area contributed by atoms with E-state index in [9.17, 15) is 4.79 Å². The van der Waals surface area contributed by atoms with Crippen molar-refractivity contribution in [1.82, 2.24) is 0 Å². The molecule has 13 heavy (non-hydrogen) atoms. The van der Waals surface area contributed by atoms with E-state index in [0.29, 0.717) is 0 Å². The van der Waals surface area contributed by atoms with Crippen LogP contribution in [-0.4, -0.2) is 17.3 Å². The topological polar surface area (TPSA) is 26.3 Å². The average Bonchev–Trinajstić information content (AvgIpc) is 2.02. The maximum Gasteiger partial charge on any atom is 0.302 e. The van der Waals surface area contributed by atoms with Gasteiger partial charge in [-0.2, -0.15) is 12.6 Å². The molecule has 0 fully saturated rings. The van der Waals surface area contributed by atoms with E-state index in [-0.39, 0.29) is 17.3 Å². The van der Waals surface area contributed by atoms with Gasteiger partial charge in [0.15, 0.2) is 0 Å². The number of thiol groups is 1. The predicted octanol–water partition coefficient (Wildman–Crippen LogP) is 2.82. The van der Waals surface area contributed by atoms with Crippen LogP contribution in [0.1, 0.15) is 46.5 Å². The molecule has 0 aromatic carbocycles. The Hall–Kier alpha value is -0.180. The first-order valence-electron chi connectivity index (χ1n) is 4.93. The Bertz CT molecular complexity index is 146. The van der Waals surface area contributed by atoms with Gasteiger partial charge in [-0.05, 0) is 19.8 Å². The molecular formula is C10H20O2S. The van der Waals surface area contributed by atoms with Crippen LogP contribution in [0.15, 0.2) is 0 Å². The summed E-state index contributed by atoms with van der Waals surface area (Å²) in [6, 6.07) is 0. The molecule has 0 amide bonds. The fourth-order valence-electron chi connectivity index (χ4n) is 1.21. The standard InChI is InChI=1S/C10H20O2S/c1-4-5-6-7-10(8(2)13)12-9(3)11/h8,10,13H,4-7H2,1-3H3. The number of ether oxygens (including phenoxy) is 1. The second kappa shape index (κ2) is 7.25. The highest BCUT2D eigenvalue weighted by atomic mass is 32.1. The van der Waals surface area contributed by atoms with Crippen molar-refractivity contribution in [2.45, 2.75) is 57.8 Å². The largest absolute Gasteiger partial charge is 0.461 e. The Labute approximate surface area is 86.5 Å². The Morgan fingerprint density at radius 3 is 2.46 bits per heavy atom. The van der Waals surface area contributed by atoms with Crippen LogP contribution >= 0.6 is 12.6 Å². The number of esters is 1. The molecule has 0 N–H and O–H groups in total. The van der Waals surface area contributed by atoms with E-state index in [4.69, 9.17) is 4.74 Å². The maximum atomic E-state index is 10.7. The van der Waals surface area contributed by atoms with Crippen LogP contribution < -0.4 is 0 Å². The summed E-state index contributed by atoms with van der Waals surface area (Å²) >= 11 is 4.29. The summed E-state index contributed by atoms with van der Waals surface area (Å²) in [6.45, 7) is 5.57. The highest BCUT2D eigenvalue weighted by Gasteiger charge is 2.16. The average molecular weight is 204 g/mol. The highest BCUT2D eigenvalue weighted by Crippen LogP contribution is 2.14. The minimum atomic E-state index is -0.206. The van der Waals surface area contributed by atoms with Crippen molar-refractivity contribution in [2.24, 2.45) is 0 Å². The summed E-state index contributed by atoms with van der Waals surface area (Å²) in [5, 5.41) is 0.126. The van der Waals surface area contributed by atoms with E-state index >= 15 is 0 Å². The number of hydrogen-bond acceptors (Lipinski definition) is 3. The third-order valence-electron chi connectivity index (χ3n) is 1.95. The first-order chi connectivity index (χ1) is 6.07. The minimum absolute atomic E-state index is 0.0209. The van der Waals surface area contributed by atoms with E-state index < -0.39 is 0 Å². The van der Waals surface area contributed by atoms with Crippen molar-refractivity contribution in [2.75, 3.05) is 0 Å². The summed E-state index contributed by atoms with van der Waals surface area (Å²) in [7, 11) is 0. The molecule has 2 nitrogen and oxygen atoms in total. The van der Waals surface area contributed by atoms with E-state index in [1.54, 1.807) is 0 Å². The first kappa shape index (κ1) is 12.8. The van der Waals surface area contributed by atoms with Gasteiger partial charge in [-0.3, -0.25) is 4.79 Å². The van der Waals surface area contributed by atoms with Crippen molar-refractivity contribution in [1.29, 1.82) is 0 Å². The van der Waals surface area contributed by atoms with E-state index in [1.165, 1.54) is 19.8 Å². The molecule has 0 bridgehead atoms. The third-order valence-corrected chi connectivity index (χ3v) is 2.28. The Morgan fingerprint density at radius 1 is 1.46 bits per heavy atom. The molecule has 0 aromatic heterocycles. The lowest BCUT2D eigenvalue weighted by atomic mass is 10.1. The molecule has 2 unspecified atom stereocenters. The van der Waals surface area contributed by atoms with Gasteiger partial charge in [-0.1, -0.05) is 19.8 Å². The highest BCUT2D eigenvalue weighted by molar-refractivity contribution is 7.81. The van der Waals surface area contributed by atoms with Gasteiger partial charge in [-0.25, -0.2) is 0 Å². The van der Waals surface area contributed by atoms with Crippen LogP contribution in [0.2, 0.25) is 0 Å². The van der Waals surface area contributed by atoms with Gasteiger partial charge in [0.2, 0.25) is 0 Å². The molecular weight excluding hydrogens is 184 g/mol. The number of rotatable bonds is 6. The zero-order chi connectivity index (χ0) is 10.3. The molecule has 0 aliphatic rings. The van der Waals surface area contributed by atoms with Gasteiger partial charge >= 0.3 is 5.97 Å². The van der Waals surface area contributed by atoms with Gasteiger partial charge in [0, 0.05) is 12.2 Å². The molecule has 0 radical (unpaired) electrons. The smallest absolute Gasteiger partial charge is 0.302 e. The molecule has 0 rings (SSSR count). The summed E-state index contributed by atoms with van der Waals surface area (Å²) in [5.41, 5.74) is 0. The summed E-state index contributed by atoms with van der Waals surface area (Å²) in [4.78, 5) is 10.7. The monoisotopic (exact) mass is 204 g/mol. The fourth-order valence-corrected chi connectivity index (χ4v) is 1.42. The van der Waals surface area contributed by atoms with Crippen LogP contribution in [-0.2, 0) is 9.53 Å². The van der Waals surface area contributed by atoms with Crippen molar-refractivity contribution in [3.63, 3.8) is 0 Å². The zero-order valence-corrected chi connectivity index (χ0v) is 9.64. The van der Waals surface area contributed by atoms with Gasteiger partial charge in [-0.15, -0.1) is 0 Å². The third kappa shape index (κ3) is 6.94. The molecule has 0 saturated heterocycles. The lowest BCUT2D eigenvalue weighted by Crippen LogP contribution is -2.24. The second-order valence-corrected chi connectivity index (χ2v) is 4.20. The van der Waals surface area contributed by atoms with E-state index in [0.717, 1.165) is 12.8 Å². The Kier molecular flexibility index (Phi) is 7.14.